The highest BCUT2D eigenvalue weighted by Crippen LogP contribution is 2.39. The van der Waals surface area contributed by atoms with Gasteiger partial charge in [-0.2, -0.15) is 0 Å². The molecule has 3 fully saturated rings. The quantitative estimate of drug-likeness (QED) is 0.383. The molecule has 3 atom stereocenters. The molecule has 1 saturated carbocycles. The zero-order valence-corrected chi connectivity index (χ0v) is 22.8. The summed E-state index contributed by atoms with van der Waals surface area (Å²) >= 11 is 0. The van der Waals surface area contributed by atoms with Gasteiger partial charge in [0.15, 0.2) is 0 Å². The lowest BCUT2D eigenvalue weighted by atomic mass is 9.83. The molecule has 0 spiro atoms. The molecular weight excluding hydrogens is 475 g/mol. The predicted molar refractivity (Wildman–Crippen MR) is 151 cm³/mol. The molecule has 0 aromatic heterocycles. The molecule has 2 aromatic rings. The summed E-state index contributed by atoms with van der Waals surface area (Å²) in [5.74, 6) is 0.679. The van der Waals surface area contributed by atoms with Crippen LogP contribution in [0.5, 0.6) is 0 Å². The van der Waals surface area contributed by atoms with E-state index in [-0.39, 0.29) is 17.7 Å². The molecule has 3 aliphatic rings. The van der Waals surface area contributed by atoms with Crippen molar-refractivity contribution in [2.24, 2.45) is 17.8 Å². The average Bonchev–Trinajstić information content (AvgIpc) is 3.33. The molecule has 2 heterocycles. The molecule has 0 radical (unpaired) electrons. The summed E-state index contributed by atoms with van der Waals surface area (Å²) in [5.41, 5.74) is 2.47. The topological polar surface area (TPSA) is 43.8 Å². The van der Waals surface area contributed by atoms with E-state index in [9.17, 15) is 14.3 Å². The van der Waals surface area contributed by atoms with Gasteiger partial charge < -0.3 is 10.0 Å². The zero-order chi connectivity index (χ0) is 26.3. The molecule has 1 N–H and O–H groups in total. The first-order valence-corrected chi connectivity index (χ1v) is 15.1. The molecular formula is C33H45FN2O2. The van der Waals surface area contributed by atoms with Crippen molar-refractivity contribution in [3.8, 4) is 0 Å². The minimum atomic E-state index is -0.674. The Bertz CT molecular complexity index is 1020. The Hall–Kier alpha value is -2.24. The van der Waals surface area contributed by atoms with Gasteiger partial charge in [0, 0.05) is 25.6 Å². The van der Waals surface area contributed by atoms with E-state index < -0.39 is 12.0 Å². The van der Waals surface area contributed by atoms with Gasteiger partial charge in [-0.25, -0.2) is 4.39 Å². The highest BCUT2D eigenvalue weighted by molar-refractivity contribution is 5.74. The molecule has 0 amide bonds. The number of likely N-dealkylation sites (tertiary alicyclic amines) is 2. The third-order valence-electron chi connectivity index (χ3n) is 9.61. The summed E-state index contributed by atoms with van der Waals surface area (Å²) in [6.45, 7) is 4.73. The minimum Gasteiger partial charge on any atom is -0.480 e. The summed E-state index contributed by atoms with van der Waals surface area (Å²) < 4.78 is 14.2. The number of aliphatic carboxylic acids is 1. The number of carbonyl (C=O) groups is 1. The van der Waals surface area contributed by atoms with Gasteiger partial charge in [-0.3, -0.25) is 9.69 Å². The van der Waals surface area contributed by atoms with Gasteiger partial charge in [0.2, 0.25) is 0 Å². The van der Waals surface area contributed by atoms with Gasteiger partial charge in [-0.05, 0) is 92.6 Å². The number of halogens is 1. The minimum absolute atomic E-state index is 0.180. The fourth-order valence-electron chi connectivity index (χ4n) is 7.57. The van der Waals surface area contributed by atoms with E-state index in [4.69, 9.17) is 0 Å². The van der Waals surface area contributed by atoms with E-state index >= 15 is 0 Å². The molecule has 2 saturated heterocycles. The van der Waals surface area contributed by atoms with Crippen LogP contribution in [0.15, 0.2) is 54.6 Å². The fraction of sp³-hybridized carbons (Fsp3) is 0.606. The van der Waals surface area contributed by atoms with Gasteiger partial charge in [-0.1, -0.05) is 68.1 Å². The molecule has 2 aromatic carbocycles. The highest BCUT2D eigenvalue weighted by atomic mass is 19.1. The number of aryl methyl sites for hydroxylation is 1. The number of nitrogens with zero attached hydrogens (tertiary/aromatic N) is 2. The first kappa shape index (κ1) is 27.3. The van der Waals surface area contributed by atoms with Crippen molar-refractivity contribution in [3.63, 3.8) is 0 Å². The largest absolute Gasteiger partial charge is 0.480 e. The summed E-state index contributed by atoms with van der Waals surface area (Å²) in [4.78, 5) is 17.3. The van der Waals surface area contributed by atoms with Crippen LogP contribution >= 0.6 is 0 Å². The van der Waals surface area contributed by atoms with Crippen LogP contribution in [0.3, 0.4) is 0 Å². The van der Waals surface area contributed by atoms with Gasteiger partial charge >= 0.3 is 5.97 Å². The third-order valence-corrected chi connectivity index (χ3v) is 9.61. The summed E-state index contributed by atoms with van der Waals surface area (Å²) in [5, 5.41) is 10.3. The van der Waals surface area contributed by atoms with Gasteiger partial charge in [-0.15, -0.1) is 0 Å². The summed E-state index contributed by atoms with van der Waals surface area (Å²) in [6, 6.07) is 17.4. The van der Waals surface area contributed by atoms with Gasteiger partial charge in [0.25, 0.3) is 0 Å². The van der Waals surface area contributed by atoms with E-state index in [1.807, 2.05) is 6.07 Å². The molecule has 206 valence electrons. The molecule has 38 heavy (non-hydrogen) atoms. The van der Waals surface area contributed by atoms with Crippen LogP contribution in [0.25, 0.3) is 0 Å². The lowest BCUT2D eigenvalue weighted by molar-refractivity contribution is -0.145. The number of piperidine rings is 1. The SMILES string of the molecule is O=C(O)[C@@H](C1CCCCC1)N1C[C@H](CN2CCC(CCCc3ccccc3)CC2)[C@@H](c2cccc(F)c2)C1. The van der Waals surface area contributed by atoms with Crippen LogP contribution in [0.1, 0.15) is 74.8 Å². The van der Waals surface area contributed by atoms with Crippen LogP contribution in [0.4, 0.5) is 4.39 Å². The standard InChI is InChI=1S/C33H45FN2O2/c34-30-16-8-15-28(21-30)31-24-36(32(33(37)38)27-13-5-2-6-14-27)23-29(31)22-35-19-17-26(18-20-35)12-7-11-25-9-3-1-4-10-25/h1,3-4,8-10,15-16,21,26-27,29,31-32H,2,5-7,11-14,17-20,22-24H2,(H,37,38)/t29-,31+,32+/m0/s1. The summed E-state index contributed by atoms with van der Waals surface area (Å²) in [7, 11) is 0. The summed E-state index contributed by atoms with van der Waals surface area (Å²) in [6.07, 6.45) is 11.7. The van der Waals surface area contributed by atoms with Gasteiger partial charge in [0.05, 0.1) is 0 Å². The van der Waals surface area contributed by atoms with Crippen LogP contribution in [0.2, 0.25) is 0 Å². The second-order valence-electron chi connectivity index (χ2n) is 12.2. The highest BCUT2D eigenvalue weighted by Gasteiger charge is 2.43. The number of benzene rings is 2. The number of hydrogen-bond acceptors (Lipinski definition) is 3. The van der Waals surface area contributed by atoms with Crippen LogP contribution < -0.4 is 0 Å². The van der Waals surface area contributed by atoms with Crippen molar-refractivity contribution in [2.45, 2.75) is 76.2 Å². The predicted octanol–water partition coefficient (Wildman–Crippen LogP) is 6.61. The smallest absolute Gasteiger partial charge is 0.321 e. The maximum Gasteiger partial charge on any atom is 0.321 e. The maximum atomic E-state index is 14.2. The Labute approximate surface area is 228 Å². The average molecular weight is 521 g/mol. The van der Waals surface area contributed by atoms with E-state index in [1.54, 1.807) is 12.1 Å². The number of carboxylic acids is 1. The second kappa shape index (κ2) is 13.2. The lowest BCUT2D eigenvalue weighted by Gasteiger charge is -2.35. The van der Waals surface area contributed by atoms with Crippen LogP contribution in [-0.2, 0) is 11.2 Å². The van der Waals surface area contributed by atoms with E-state index in [0.29, 0.717) is 5.92 Å². The number of rotatable bonds is 10. The molecule has 0 bridgehead atoms. The molecule has 4 nitrogen and oxygen atoms in total. The van der Waals surface area contributed by atoms with E-state index in [1.165, 1.54) is 50.2 Å². The monoisotopic (exact) mass is 520 g/mol. The molecule has 5 rings (SSSR count). The van der Waals surface area contributed by atoms with Crippen LogP contribution in [0, 0.1) is 23.6 Å². The van der Waals surface area contributed by atoms with Crippen LogP contribution in [-0.4, -0.2) is 59.6 Å². The van der Waals surface area contributed by atoms with Crippen molar-refractivity contribution in [1.82, 2.24) is 9.80 Å². The molecule has 1 aliphatic carbocycles. The Morgan fingerprint density at radius 3 is 2.42 bits per heavy atom. The van der Waals surface area contributed by atoms with Crippen molar-refractivity contribution < 1.29 is 14.3 Å². The van der Waals surface area contributed by atoms with Gasteiger partial charge in [0.1, 0.15) is 11.9 Å². The van der Waals surface area contributed by atoms with Crippen molar-refractivity contribution in [1.29, 1.82) is 0 Å². The first-order chi connectivity index (χ1) is 18.6. The fourth-order valence-corrected chi connectivity index (χ4v) is 7.57. The number of carboxylic acid groups (broad SMARTS) is 1. The second-order valence-corrected chi connectivity index (χ2v) is 12.2. The first-order valence-electron chi connectivity index (χ1n) is 15.1. The molecule has 2 aliphatic heterocycles. The van der Waals surface area contributed by atoms with E-state index in [2.05, 4.69) is 40.1 Å². The Morgan fingerprint density at radius 2 is 1.71 bits per heavy atom. The van der Waals surface area contributed by atoms with Crippen molar-refractivity contribution >= 4 is 5.97 Å². The Kier molecular flexibility index (Phi) is 9.50. The van der Waals surface area contributed by atoms with Crippen molar-refractivity contribution in [2.75, 3.05) is 32.7 Å². The Balaban J connectivity index is 1.19. The lowest BCUT2D eigenvalue weighted by Crippen LogP contribution is -2.46. The maximum absolute atomic E-state index is 14.2. The molecule has 0 unspecified atom stereocenters. The number of hydrogen-bond donors (Lipinski definition) is 1. The normalized spacial score (nSPS) is 25.0. The molecule has 5 heteroatoms. The van der Waals surface area contributed by atoms with E-state index in [0.717, 1.165) is 69.9 Å². The zero-order valence-electron chi connectivity index (χ0n) is 22.8. The third kappa shape index (κ3) is 7.04. The Morgan fingerprint density at radius 1 is 0.947 bits per heavy atom. The van der Waals surface area contributed by atoms with Crippen molar-refractivity contribution in [3.05, 3.63) is 71.5 Å².